The van der Waals surface area contributed by atoms with E-state index in [1.807, 2.05) is 0 Å². The second-order valence-electron chi connectivity index (χ2n) is 6.05. The molecular formula is C17H19FO6. The molecule has 7 heteroatoms. The van der Waals surface area contributed by atoms with Crippen LogP contribution in [0.15, 0.2) is 24.3 Å². The monoisotopic (exact) mass is 338 g/mol. The maximum atomic E-state index is 14.3. The molecule has 0 amide bonds. The van der Waals surface area contributed by atoms with Crippen LogP contribution < -0.4 is 0 Å². The summed E-state index contributed by atoms with van der Waals surface area (Å²) in [6.07, 6.45) is -0.433. The van der Waals surface area contributed by atoms with Crippen molar-refractivity contribution in [3.8, 4) is 0 Å². The standard InChI is InChI=1S/C17H19FO6/c1-17(22)8-11(19)13(15(20)23-2)12(14(17)16(21)24-3)9-6-4-5-7-10(9)18/h4-7,12-14,22H,8H2,1-3H3/t12-,13+,14+,17-/m1/s1. The first-order chi connectivity index (χ1) is 11.2. The van der Waals surface area contributed by atoms with E-state index in [0.29, 0.717) is 0 Å². The van der Waals surface area contributed by atoms with Gasteiger partial charge in [0.2, 0.25) is 0 Å². The van der Waals surface area contributed by atoms with Gasteiger partial charge in [0.1, 0.15) is 11.7 Å². The Morgan fingerprint density at radius 1 is 1.21 bits per heavy atom. The molecule has 0 radical (unpaired) electrons. The summed E-state index contributed by atoms with van der Waals surface area (Å²) in [6.45, 7) is 1.30. The molecule has 0 aromatic heterocycles. The summed E-state index contributed by atoms with van der Waals surface area (Å²) in [5, 5.41) is 10.6. The fourth-order valence-corrected chi connectivity index (χ4v) is 3.39. The van der Waals surface area contributed by atoms with Crippen molar-refractivity contribution in [3.63, 3.8) is 0 Å². The third kappa shape index (κ3) is 3.03. The van der Waals surface area contributed by atoms with Gasteiger partial charge in [0.05, 0.1) is 25.7 Å². The molecule has 0 saturated heterocycles. The minimum atomic E-state index is -1.78. The highest BCUT2D eigenvalue weighted by Crippen LogP contribution is 2.47. The summed E-state index contributed by atoms with van der Waals surface area (Å²) in [4.78, 5) is 36.8. The van der Waals surface area contributed by atoms with Crippen LogP contribution in [0.5, 0.6) is 0 Å². The second kappa shape index (κ2) is 6.68. The van der Waals surface area contributed by atoms with Crippen molar-refractivity contribution in [1.29, 1.82) is 0 Å². The third-order valence-corrected chi connectivity index (χ3v) is 4.44. The molecule has 1 aliphatic rings. The molecule has 24 heavy (non-hydrogen) atoms. The van der Waals surface area contributed by atoms with E-state index in [4.69, 9.17) is 4.74 Å². The first-order valence-corrected chi connectivity index (χ1v) is 7.39. The lowest BCUT2D eigenvalue weighted by atomic mass is 9.61. The van der Waals surface area contributed by atoms with E-state index in [9.17, 15) is 23.9 Å². The molecule has 1 aromatic rings. The Morgan fingerprint density at radius 2 is 1.79 bits per heavy atom. The van der Waals surface area contributed by atoms with E-state index in [1.54, 1.807) is 0 Å². The van der Waals surface area contributed by atoms with Gasteiger partial charge < -0.3 is 14.6 Å². The van der Waals surface area contributed by atoms with Gasteiger partial charge in [-0.15, -0.1) is 0 Å². The number of ether oxygens (including phenoxy) is 2. The van der Waals surface area contributed by atoms with Crippen LogP contribution in [0.25, 0.3) is 0 Å². The molecule has 0 aliphatic heterocycles. The lowest BCUT2D eigenvalue weighted by molar-refractivity contribution is -0.170. The van der Waals surface area contributed by atoms with Gasteiger partial charge in [-0.3, -0.25) is 14.4 Å². The number of carbonyl (C=O) groups excluding carboxylic acids is 3. The number of benzene rings is 1. The fraction of sp³-hybridized carbons (Fsp3) is 0.471. The van der Waals surface area contributed by atoms with Crippen molar-refractivity contribution >= 4 is 17.7 Å². The summed E-state index contributed by atoms with van der Waals surface area (Å²) in [5.74, 6) is -6.90. The predicted octanol–water partition coefficient (Wildman–Crippen LogP) is 1.21. The Labute approximate surface area is 138 Å². The number of esters is 2. The molecule has 130 valence electrons. The zero-order chi connectivity index (χ0) is 18.1. The number of methoxy groups -OCH3 is 2. The molecule has 1 saturated carbocycles. The molecule has 4 atom stereocenters. The van der Waals surface area contributed by atoms with Crippen LogP contribution in [0.4, 0.5) is 4.39 Å². The second-order valence-corrected chi connectivity index (χ2v) is 6.05. The van der Waals surface area contributed by atoms with Gasteiger partial charge in [-0.05, 0) is 18.6 Å². The average Bonchev–Trinajstić information content (AvgIpc) is 2.52. The number of hydrogen-bond donors (Lipinski definition) is 1. The van der Waals surface area contributed by atoms with Crippen molar-refractivity contribution in [2.45, 2.75) is 24.9 Å². The molecule has 1 aromatic carbocycles. The molecule has 1 fully saturated rings. The number of Topliss-reactive ketones (excluding diaryl/α,β-unsaturated/α-hetero) is 1. The highest BCUT2D eigenvalue weighted by atomic mass is 19.1. The number of halogens is 1. The fourth-order valence-electron chi connectivity index (χ4n) is 3.39. The molecular weight excluding hydrogens is 319 g/mol. The summed E-state index contributed by atoms with van der Waals surface area (Å²) >= 11 is 0. The van der Waals surface area contributed by atoms with Gasteiger partial charge in [-0.1, -0.05) is 18.2 Å². The smallest absolute Gasteiger partial charge is 0.316 e. The van der Waals surface area contributed by atoms with E-state index in [1.165, 1.54) is 25.1 Å². The molecule has 2 rings (SSSR count). The zero-order valence-electron chi connectivity index (χ0n) is 13.6. The van der Waals surface area contributed by atoms with E-state index in [0.717, 1.165) is 20.3 Å². The van der Waals surface area contributed by atoms with E-state index >= 15 is 0 Å². The summed E-state index contributed by atoms with van der Waals surface area (Å²) in [6, 6.07) is 5.50. The molecule has 0 spiro atoms. The van der Waals surface area contributed by atoms with E-state index in [-0.39, 0.29) is 5.56 Å². The van der Waals surface area contributed by atoms with Crippen molar-refractivity contribution < 1.29 is 33.4 Å². The highest BCUT2D eigenvalue weighted by molar-refractivity contribution is 6.02. The molecule has 1 N–H and O–H groups in total. The number of rotatable bonds is 3. The summed E-state index contributed by atoms with van der Waals surface area (Å²) in [7, 11) is 2.23. The van der Waals surface area contributed by atoms with Crippen LogP contribution in [0.2, 0.25) is 0 Å². The lowest BCUT2D eigenvalue weighted by Gasteiger charge is -2.43. The lowest BCUT2D eigenvalue weighted by Crippen LogP contribution is -2.55. The first kappa shape index (κ1) is 18.1. The van der Waals surface area contributed by atoms with Crippen molar-refractivity contribution in [1.82, 2.24) is 0 Å². The number of aliphatic hydroxyl groups is 1. The van der Waals surface area contributed by atoms with Crippen molar-refractivity contribution in [3.05, 3.63) is 35.6 Å². The van der Waals surface area contributed by atoms with E-state index in [2.05, 4.69) is 4.74 Å². The summed E-state index contributed by atoms with van der Waals surface area (Å²) < 4.78 is 23.7. The largest absolute Gasteiger partial charge is 0.469 e. The Morgan fingerprint density at radius 3 is 2.33 bits per heavy atom. The highest BCUT2D eigenvalue weighted by Gasteiger charge is 2.57. The molecule has 0 heterocycles. The van der Waals surface area contributed by atoms with Crippen LogP contribution in [0.3, 0.4) is 0 Å². The number of ketones is 1. The maximum absolute atomic E-state index is 14.3. The topological polar surface area (TPSA) is 89.9 Å². The normalized spacial score (nSPS) is 29.9. The van der Waals surface area contributed by atoms with Crippen LogP contribution in [-0.2, 0) is 23.9 Å². The Kier molecular flexibility index (Phi) is 5.03. The Bertz CT molecular complexity index is 669. The molecule has 6 nitrogen and oxygen atoms in total. The minimum absolute atomic E-state index is 0.0170. The predicted molar refractivity (Wildman–Crippen MR) is 80.4 cm³/mol. The molecule has 1 aliphatic carbocycles. The Hall–Kier alpha value is -2.28. The van der Waals surface area contributed by atoms with Crippen molar-refractivity contribution in [2.75, 3.05) is 14.2 Å². The third-order valence-electron chi connectivity index (χ3n) is 4.44. The van der Waals surface area contributed by atoms with Gasteiger partial charge in [-0.25, -0.2) is 4.39 Å². The van der Waals surface area contributed by atoms with Gasteiger partial charge in [0.25, 0.3) is 0 Å². The SMILES string of the molecule is COC(=O)[C@H]1C(=O)C[C@@](C)(O)[C@H](C(=O)OC)[C@@H]1c1ccccc1F. The van der Waals surface area contributed by atoms with Crippen LogP contribution in [0.1, 0.15) is 24.8 Å². The molecule has 0 bridgehead atoms. The average molecular weight is 338 g/mol. The van der Waals surface area contributed by atoms with Gasteiger partial charge in [0.15, 0.2) is 5.78 Å². The van der Waals surface area contributed by atoms with Crippen LogP contribution >= 0.6 is 0 Å². The van der Waals surface area contributed by atoms with Crippen LogP contribution in [0, 0.1) is 17.7 Å². The maximum Gasteiger partial charge on any atom is 0.316 e. The number of carbonyl (C=O) groups is 3. The zero-order valence-corrected chi connectivity index (χ0v) is 13.6. The molecule has 0 unspecified atom stereocenters. The van der Waals surface area contributed by atoms with Gasteiger partial charge in [-0.2, -0.15) is 0 Å². The quantitative estimate of drug-likeness (QED) is 0.658. The van der Waals surface area contributed by atoms with Crippen LogP contribution in [-0.4, -0.2) is 42.6 Å². The van der Waals surface area contributed by atoms with Crippen molar-refractivity contribution in [2.24, 2.45) is 11.8 Å². The first-order valence-electron chi connectivity index (χ1n) is 7.39. The number of hydrogen-bond acceptors (Lipinski definition) is 6. The summed E-state index contributed by atoms with van der Waals surface area (Å²) in [5.41, 5.74) is -1.79. The minimum Gasteiger partial charge on any atom is -0.469 e. The van der Waals surface area contributed by atoms with Gasteiger partial charge in [0, 0.05) is 12.3 Å². The Balaban J connectivity index is 2.68. The van der Waals surface area contributed by atoms with E-state index < -0.39 is 53.3 Å². The van der Waals surface area contributed by atoms with Gasteiger partial charge >= 0.3 is 11.9 Å².